The molecule has 3 N–H and O–H groups in total. The predicted molar refractivity (Wildman–Crippen MR) is 171 cm³/mol. The molecule has 7 rings (SSSR count). The first-order valence-electron chi connectivity index (χ1n) is 15.7. The number of fused-ring (bicyclic) bond motifs is 3. The third kappa shape index (κ3) is 6.93. The Morgan fingerprint density at radius 3 is 2.30 bits per heavy atom. The van der Waals surface area contributed by atoms with Crippen molar-refractivity contribution in [2.45, 2.75) is 55.2 Å². The van der Waals surface area contributed by atoms with Crippen molar-refractivity contribution in [2.75, 3.05) is 31.5 Å². The molecule has 4 heterocycles. The lowest BCUT2D eigenvalue weighted by Crippen LogP contribution is -2.52. The highest BCUT2D eigenvalue weighted by molar-refractivity contribution is 7.89. The van der Waals surface area contributed by atoms with E-state index in [1.165, 1.54) is 24.3 Å². The molecule has 3 aromatic rings. The van der Waals surface area contributed by atoms with Crippen LogP contribution in [0, 0.1) is 5.92 Å². The second kappa shape index (κ2) is 13.6. The Balaban J connectivity index is 1.19. The molecular formula is C34H38N4O7S. The maximum atomic E-state index is 13.4. The summed E-state index contributed by atoms with van der Waals surface area (Å²) in [7, 11) is -4.14. The number of alkyl carbamates (subject to hydrolysis) is 1. The lowest BCUT2D eigenvalue weighted by molar-refractivity contribution is -0.142. The number of hydrogen-bond donors (Lipinski definition) is 3. The standard InChI is InChI=1S/C34H38N4O7S/c39-32(26-11-7-13-28(21-26)46(43,44)38-17-5-4-14-29(38)33(40)41)35-27-12-6-10-25(20-27)31(24-8-2-1-3-9-24)36-34(42)45-30-22-37-18-15-23(30)16-19-37/h1-3,6-13,20-21,23,29-31H,4-5,14-19,22H2,(H,35,39)(H,36,42)(H,40,41)/t29?,30-,31-/m0/s1. The Morgan fingerprint density at radius 1 is 0.848 bits per heavy atom. The minimum absolute atomic E-state index is 0.104. The molecule has 0 aromatic heterocycles. The number of ether oxygens (including phenoxy) is 1. The number of nitrogens with zero attached hydrogens (tertiary/aromatic N) is 2. The fourth-order valence-corrected chi connectivity index (χ4v) is 8.41. The number of carbonyl (C=O) groups is 3. The van der Waals surface area contributed by atoms with Gasteiger partial charge in [0.25, 0.3) is 5.91 Å². The van der Waals surface area contributed by atoms with Crippen LogP contribution in [0.15, 0.2) is 83.8 Å². The molecule has 3 aromatic carbocycles. The van der Waals surface area contributed by atoms with Gasteiger partial charge >= 0.3 is 12.1 Å². The summed E-state index contributed by atoms with van der Waals surface area (Å²) in [5.74, 6) is -1.35. The fourth-order valence-electron chi connectivity index (χ4n) is 6.71. The molecule has 0 saturated carbocycles. The molecule has 0 spiro atoms. The van der Waals surface area contributed by atoms with Gasteiger partial charge in [-0.1, -0.05) is 48.5 Å². The normalized spacial score (nSPS) is 23.7. The van der Waals surface area contributed by atoms with Gasteiger partial charge in [-0.05, 0) is 92.6 Å². The van der Waals surface area contributed by atoms with Gasteiger partial charge in [0.15, 0.2) is 0 Å². The van der Waals surface area contributed by atoms with Crippen LogP contribution in [0.3, 0.4) is 0 Å². The van der Waals surface area contributed by atoms with E-state index in [2.05, 4.69) is 15.5 Å². The second-order valence-electron chi connectivity index (χ2n) is 12.1. The predicted octanol–water partition coefficient (Wildman–Crippen LogP) is 4.48. The van der Waals surface area contributed by atoms with E-state index in [0.717, 1.165) is 47.9 Å². The Hall–Kier alpha value is -4.26. The summed E-state index contributed by atoms with van der Waals surface area (Å²) in [6.45, 7) is 2.94. The lowest BCUT2D eigenvalue weighted by Gasteiger charge is -2.43. The first-order valence-corrected chi connectivity index (χ1v) is 17.1. The van der Waals surface area contributed by atoms with Crippen molar-refractivity contribution in [3.05, 3.63) is 95.6 Å². The van der Waals surface area contributed by atoms with Crippen LogP contribution in [-0.2, 0) is 19.6 Å². The van der Waals surface area contributed by atoms with E-state index in [-0.39, 0.29) is 29.5 Å². The number of aliphatic carboxylic acids is 1. The molecule has 12 heteroatoms. The van der Waals surface area contributed by atoms with Gasteiger partial charge in [-0.3, -0.25) is 14.5 Å². The summed E-state index contributed by atoms with van der Waals surface area (Å²) in [6.07, 6.45) is 2.84. The van der Waals surface area contributed by atoms with Crippen molar-refractivity contribution >= 4 is 33.7 Å². The molecule has 2 amide bonds. The molecule has 4 saturated heterocycles. The molecule has 242 valence electrons. The Labute approximate surface area is 268 Å². The average molecular weight is 647 g/mol. The number of amides is 2. The molecule has 4 fully saturated rings. The molecule has 4 aliphatic rings. The number of anilines is 1. The summed E-state index contributed by atoms with van der Waals surface area (Å²) in [5, 5.41) is 15.5. The van der Waals surface area contributed by atoms with E-state index in [4.69, 9.17) is 4.74 Å². The first-order chi connectivity index (χ1) is 22.2. The van der Waals surface area contributed by atoms with Crippen molar-refractivity contribution in [3.8, 4) is 0 Å². The molecule has 46 heavy (non-hydrogen) atoms. The van der Waals surface area contributed by atoms with Crippen molar-refractivity contribution in [1.82, 2.24) is 14.5 Å². The van der Waals surface area contributed by atoms with Crippen LogP contribution >= 0.6 is 0 Å². The number of carboxylic acid groups (broad SMARTS) is 1. The van der Waals surface area contributed by atoms with Crippen LogP contribution in [0.2, 0.25) is 0 Å². The zero-order chi connectivity index (χ0) is 32.3. The van der Waals surface area contributed by atoms with Crippen molar-refractivity contribution in [2.24, 2.45) is 5.92 Å². The van der Waals surface area contributed by atoms with Crippen molar-refractivity contribution in [3.63, 3.8) is 0 Å². The molecule has 3 atom stereocenters. The fraction of sp³-hybridized carbons (Fsp3) is 0.382. The van der Waals surface area contributed by atoms with Crippen LogP contribution < -0.4 is 10.6 Å². The number of rotatable bonds is 9. The van der Waals surface area contributed by atoms with Crippen LogP contribution in [0.4, 0.5) is 10.5 Å². The van der Waals surface area contributed by atoms with E-state index in [0.29, 0.717) is 24.4 Å². The topological polar surface area (TPSA) is 145 Å². The number of sulfonamides is 1. The molecule has 0 aliphatic carbocycles. The zero-order valence-corrected chi connectivity index (χ0v) is 26.2. The van der Waals surface area contributed by atoms with E-state index in [1.807, 2.05) is 36.4 Å². The molecule has 2 bridgehead atoms. The highest BCUT2D eigenvalue weighted by Crippen LogP contribution is 2.31. The van der Waals surface area contributed by atoms with Crippen LogP contribution in [-0.4, -0.2) is 79.0 Å². The quantitative estimate of drug-likeness (QED) is 0.309. The third-order valence-electron chi connectivity index (χ3n) is 9.17. The van der Waals surface area contributed by atoms with Gasteiger partial charge in [0.2, 0.25) is 10.0 Å². The number of hydrogen-bond acceptors (Lipinski definition) is 7. The van der Waals surface area contributed by atoms with Crippen molar-refractivity contribution in [1.29, 1.82) is 0 Å². The van der Waals surface area contributed by atoms with E-state index in [1.54, 1.807) is 18.2 Å². The van der Waals surface area contributed by atoms with Gasteiger partial charge in [0, 0.05) is 24.3 Å². The number of benzene rings is 3. The number of piperidine rings is 4. The first kappa shape index (κ1) is 31.7. The molecule has 4 aliphatic heterocycles. The van der Waals surface area contributed by atoms with E-state index >= 15 is 0 Å². The van der Waals surface area contributed by atoms with Crippen molar-refractivity contribution < 1.29 is 32.6 Å². The zero-order valence-electron chi connectivity index (χ0n) is 25.4. The molecule has 0 radical (unpaired) electrons. The molecular weight excluding hydrogens is 608 g/mol. The SMILES string of the molecule is O=C(N[C@@H](c1ccccc1)c1cccc(NC(=O)c2cccc(S(=O)(=O)N3CCCCC3C(=O)O)c2)c1)O[C@H]1CN2CCC1CC2. The highest BCUT2D eigenvalue weighted by Gasteiger charge is 2.38. The van der Waals surface area contributed by atoms with Gasteiger partial charge < -0.3 is 20.5 Å². The summed E-state index contributed by atoms with van der Waals surface area (Å²) < 4.78 is 33.8. The summed E-state index contributed by atoms with van der Waals surface area (Å²) in [5.41, 5.74) is 2.11. The minimum atomic E-state index is -4.14. The number of nitrogens with one attached hydrogen (secondary N) is 2. The lowest BCUT2D eigenvalue weighted by atomic mass is 9.86. The van der Waals surface area contributed by atoms with Gasteiger partial charge in [-0.2, -0.15) is 4.31 Å². The maximum Gasteiger partial charge on any atom is 0.408 e. The largest absolute Gasteiger partial charge is 0.480 e. The Bertz CT molecular complexity index is 1690. The van der Waals surface area contributed by atoms with E-state index in [9.17, 15) is 27.9 Å². The second-order valence-corrected chi connectivity index (χ2v) is 14.0. The van der Waals surface area contributed by atoms with Gasteiger partial charge in [-0.25, -0.2) is 13.2 Å². The average Bonchev–Trinajstić information content (AvgIpc) is 3.08. The van der Waals surface area contributed by atoms with Crippen LogP contribution in [0.25, 0.3) is 0 Å². The monoisotopic (exact) mass is 646 g/mol. The highest BCUT2D eigenvalue weighted by atomic mass is 32.2. The summed E-state index contributed by atoms with van der Waals surface area (Å²) in [4.78, 5) is 40.5. The third-order valence-corrected chi connectivity index (χ3v) is 11.1. The smallest absolute Gasteiger partial charge is 0.408 e. The van der Waals surface area contributed by atoms with E-state index < -0.39 is 40.1 Å². The Morgan fingerprint density at radius 2 is 1.59 bits per heavy atom. The minimum Gasteiger partial charge on any atom is -0.480 e. The van der Waals surface area contributed by atoms with Gasteiger partial charge in [0.05, 0.1) is 10.9 Å². The molecule has 11 nitrogen and oxygen atoms in total. The van der Waals surface area contributed by atoms with Gasteiger partial charge in [0.1, 0.15) is 12.1 Å². The summed E-state index contributed by atoms with van der Waals surface area (Å²) >= 11 is 0. The molecule has 1 unspecified atom stereocenters. The summed E-state index contributed by atoms with van der Waals surface area (Å²) in [6, 6.07) is 20.5. The van der Waals surface area contributed by atoms with Crippen LogP contribution in [0.5, 0.6) is 0 Å². The maximum absolute atomic E-state index is 13.4. The number of carbonyl (C=O) groups excluding carboxylic acids is 2. The number of carboxylic acids is 1. The Kier molecular flexibility index (Phi) is 9.39. The van der Waals surface area contributed by atoms with Crippen LogP contribution in [0.1, 0.15) is 59.6 Å². The van der Waals surface area contributed by atoms with Gasteiger partial charge in [-0.15, -0.1) is 0 Å².